The summed E-state index contributed by atoms with van der Waals surface area (Å²) in [7, 11) is 1.37. The largest absolute Gasteiger partial charge is 1.00 e. The molecule has 0 aliphatic carbocycles. The highest BCUT2D eigenvalue weighted by molar-refractivity contribution is 5.97. The number of nitrogens with zero attached hydrogens (tertiary/aromatic N) is 1. The lowest BCUT2D eigenvalue weighted by Crippen LogP contribution is -3.00. The smallest absolute Gasteiger partial charge is 0.380 e. The summed E-state index contributed by atoms with van der Waals surface area (Å²) in [5, 5.41) is 0. The summed E-state index contributed by atoms with van der Waals surface area (Å²) in [6.45, 7) is 2.65. The second-order valence-corrected chi connectivity index (χ2v) is 6.29. The lowest BCUT2D eigenvalue weighted by Gasteiger charge is -2.55. The van der Waals surface area contributed by atoms with Crippen LogP contribution in [-0.4, -0.2) is 43.5 Å². The van der Waals surface area contributed by atoms with Crippen LogP contribution in [0.15, 0.2) is 30.3 Å². The van der Waals surface area contributed by atoms with Crippen LogP contribution < -0.4 is 17.0 Å². The fourth-order valence-corrected chi connectivity index (χ4v) is 4.25. The van der Waals surface area contributed by atoms with Crippen LogP contribution in [0.1, 0.15) is 24.8 Å². The molecule has 1 aromatic rings. The number of benzene rings is 1. The Morgan fingerprint density at radius 3 is 2.18 bits per heavy atom. The highest BCUT2D eigenvalue weighted by atomic mass is 79.9. The average Bonchev–Trinajstić information content (AvgIpc) is 2.58. The number of hydrogen-bond acceptors (Lipinski definition) is 3. The summed E-state index contributed by atoms with van der Waals surface area (Å²) in [5.41, 5.74) is -0.450. The summed E-state index contributed by atoms with van der Waals surface area (Å²) >= 11 is 0. The van der Waals surface area contributed by atoms with Crippen molar-refractivity contribution in [3.63, 3.8) is 0 Å². The van der Waals surface area contributed by atoms with Crippen LogP contribution in [0.3, 0.4) is 0 Å². The van der Waals surface area contributed by atoms with E-state index in [4.69, 9.17) is 4.74 Å². The molecular formula is C17H22BrNO3. The fourth-order valence-electron chi connectivity index (χ4n) is 4.25. The first-order valence-corrected chi connectivity index (χ1v) is 7.65. The van der Waals surface area contributed by atoms with E-state index in [2.05, 4.69) is 0 Å². The maximum absolute atomic E-state index is 12.7. The number of carbonyl (C=O) groups is 2. The van der Waals surface area contributed by atoms with Crippen LogP contribution >= 0.6 is 0 Å². The third-order valence-electron chi connectivity index (χ3n) is 5.53. The number of piperidine rings is 3. The van der Waals surface area contributed by atoms with Gasteiger partial charge in [-0.2, -0.15) is 0 Å². The van der Waals surface area contributed by atoms with E-state index in [9.17, 15) is 9.59 Å². The minimum atomic E-state index is -1.21. The summed E-state index contributed by atoms with van der Waals surface area (Å²) in [6.07, 6.45) is 4.12. The van der Waals surface area contributed by atoms with E-state index in [0.717, 1.165) is 56.7 Å². The molecule has 4 nitrogen and oxygen atoms in total. The number of rotatable bonds is 4. The molecule has 0 amide bonds. The van der Waals surface area contributed by atoms with Crippen molar-refractivity contribution in [3.05, 3.63) is 35.9 Å². The van der Waals surface area contributed by atoms with Gasteiger partial charge in [-0.15, -0.1) is 0 Å². The van der Waals surface area contributed by atoms with Gasteiger partial charge in [0.25, 0.3) is 5.54 Å². The molecule has 4 rings (SSSR count). The molecule has 0 spiro atoms. The molecule has 120 valence electrons. The lowest BCUT2D eigenvalue weighted by atomic mass is 9.77. The zero-order valence-corrected chi connectivity index (χ0v) is 14.4. The Labute approximate surface area is 141 Å². The van der Waals surface area contributed by atoms with Crippen molar-refractivity contribution in [2.75, 3.05) is 26.7 Å². The molecule has 0 radical (unpaired) electrons. The van der Waals surface area contributed by atoms with Crippen molar-refractivity contribution < 1.29 is 35.8 Å². The van der Waals surface area contributed by atoms with Gasteiger partial charge in [-0.05, 0) is 25.2 Å². The summed E-state index contributed by atoms with van der Waals surface area (Å²) in [5.74, 6) is 0.340. The van der Waals surface area contributed by atoms with Crippen molar-refractivity contribution in [2.45, 2.75) is 24.8 Å². The summed E-state index contributed by atoms with van der Waals surface area (Å²) in [4.78, 5) is 24.9. The van der Waals surface area contributed by atoms with E-state index < -0.39 is 11.5 Å². The number of hydrogen-bond donors (Lipinski definition) is 0. The molecule has 1 atom stereocenters. The van der Waals surface area contributed by atoms with E-state index in [1.807, 2.05) is 30.3 Å². The topological polar surface area (TPSA) is 43.4 Å². The van der Waals surface area contributed by atoms with Gasteiger partial charge >= 0.3 is 5.97 Å². The monoisotopic (exact) mass is 367 g/mol. The maximum Gasteiger partial charge on any atom is 0.380 e. The molecule has 3 saturated heterocycles. The standard InChI is InChI=1S/C17H22NO3.BrH/c1-21-16(20)17(13-19,15-5-3-2-4-6-15)18-10-7-14(8-11-18)9-12-18;/h2-6,13-14H,7-12H2,1H3;1H/q+1;/p-1. The number of carbonyl (C=O) groups excluding carboxylic acids is 2. The molecule has 3 fully saturated rings. The second-order valence-electron chi connectivity index (χ2n) is 6.29. The van der Waals surface area contributed by atoms with Gasteiger partial charge < -0.3 is 21.7 Å². The first-order chi connectivity index (χ1) is 10.2. The van der Waals surface area contributed by atoms with Gasteiger partial charge in [-0.3, -0.25) is 9.28 Å². The zero-order valence-electron chi connectivity index (χ0n) is 12.8. The molecule has 3 aliphatic heterocycles. The number of ether oxygens (including phenoxy) is 1. The molecule has 1 aromatic carbocycles. The highest BCUT2D eigenvalue weighted by Gasteiger charge is 2.62. The number of aldehydes is 1. The van der Waals surface area contributed by atoms with Crippen molar-refractivity contribution >= 4 is 12.3 Å². The molecule has 0 saturated carbocycles. The number of methoxy groups -OCH3 is 1. The predicted molar refractivity (Wildman–Crippen MR) is 78.4 cm³/mol. The molecule has 22 heavy (non-hydrogen) atoms. The van der Waals surface area contributed by atoms with Gasteiger partial charge in [0.2, 0.25) is 0 Å². The van der Waals surface area contributed by atoms with Crippen LogP contribution in [-0.2, 0) is 19.9 Å². The Morgan fingerprint density at radius 2 is 1.73 bits per heavy atom. The van der Waals surface area contributed by atoms with Crippen LogP contribution in [0, 0.1) is 5.92 Å². The first-order valence-electron chi connectivity index (χ1n) is 7.65. The maximum atomic E-state index is 12.7. The van der Waals surface area contributed by atoms with Crippen LogP contribution in [0.5, 0.6) is 0 Å². The number of quaternary nitrogens is 1. The minimum Gasteiger partial charge on any atom is -1.00 e. The van der Waals surface area contributed by atoms with E-state index >= 15 is 0 Å². The quantitative estimate of drug-likeness (QED) is 0.293. The van der Waals surface area contributed by atoms with Crippen molar-refractivity contribution in [1.29, 1.82) is 0 Å². The van der Waals surface area contributed by atoms with E-state index in [0.29, 0.717) is 4.48 Å². The van der Waals surface area contributed by atoms with Crippen molar-refractivity contribution in [2.24, 2.45) is 5.92 Å². The molecule has 5 heteroatoms. The Morgan fingerprint density at radius 1 is 1.18 bits per heavy atom. The predicted octanol–water partition coefficient (Wildman–Crippen LogP) is -1.11. The number of esters is 1. The van der Waals surface area contributed by atoms with Gasteiger partial charge in [-0.25, -0.2) is 4.79 Å². The Hall–Kier alpha value is -1.20. The van der Waals surface area contributed by atoms with Gasteiger partial charge in [0.1, 0.15) is 0 Å². The third kappa shape index (κ3) is 2.31. The molecule has 0 aromatic heterocycles. The van der Waals surface area contributed by atoms with Crippen molar-refractivity contribution in [3.8, 4) is 0 Å². The SMILES string of the molecule is COC(=O)C(C=O)(c1ccccc1)[N+]12CCC(CC1)CC2.[Br-]. The van der Waals surface area contributed by atoms with Crippen LogP contribution in [0.4, 0.5) is 0 Å². The van der Waals surface area contributed by atoms with Gasteiger partial charge in [-0.1, -0.05) is 30.3 Å². The molecule has 3 heterocycles. The van der Waals surface area contributed by atoms with E-state index in [1.165, 1.54) is 7.11 Å². The Balaban J connectivity index is 0.00000176. The third-order valence-corrected chi connectivity index (χ3v) is 5.53. The number of fused-ring (bicyclic) bond motifs is 3. The van der Waals surface area contributed by atoms with Crippen LogP contribution in [0.2, 0.25) is 0 Å². The fraction of sp³-hybridized carbons (Fsp3) is 0.529. The normalized spacial score (nSPS) is 29.0. The molecule has 3 aliphatic rings. The highest BCUT2D eigenvalue weighted by Crippen LogP contribution is 2.44. The Bertz CT molecular complexity index is 526. The van der Waals surface area contributed by atoms with Gasteiger partial charge in [0.05, 0.1) is 26.7 Å². The van der Waals surface area contributed by atoms with Gasteiger partial charge in [0, 0.05) is 5.56 Å². The van der Waals surface area contributed by atoms with Crippen LogP contribution in [0.25, 0.3) is 0 Å². The molecular weight excluding hydrogens is 346 g/mol. The summed E-state index contributed by atoms with van der Waals surface area (Å²) < 4.78 is 5.60. The molecule has 1 unspecified atom stereocenters. The van der Waals surface area contributed by atoms with Gasteiger partial charge in [0.15, 0.2) is 6.29 Å². The summed E-state index contributed by atoms with van der Waals surface area (Å²) in [6, 6.07) is 9.41. The number of halogens is 1. The van der Waals surface area contributed by atoms with E-state index in [1.54, 1.807) is 0 Å². The molecule has 2 bridgehead atoms. The Kier molecular flexibility index (Phi) is 5.07. The first kappa shape index (κ1) is 17.2. The second kappa shape index (κ2) is 6.50. The minimum absolute atomic E-state index is 0. The zero-order chi connectivity index (χ0) is 14.9. The van der Waals surface area contributed by atoms with E-state index in [-0.39, 0.29) is 17.0 Å². The lowest BCUT2D eigenvalue weighted by molar-refractivity contribution is -0.977. The van der Waals surface area contributed by atoms with Crippen molar-refractivity contribution in [1.82, 2.24) is 0 Å². The average molecular weight is 368 g/mol. The molecule has 0 N–H and O–H groups in total.